The van der Waals surface area contributed by atoms with Gasteiger partial charge >= 0.3 is 24.0 Å². The van der Waals surface area contributed by atoms with Crippen molar-refractivity contribution in [3.05, 3.63) is 20.2 Å². The Morgan fingerprint density at radius 2 is 1.35 bits per heavy atom. The summed E-state index contributed by atoms with van der Waals surface area (Å²) in [5, 5.41) is 21.5. The van der Waals surface area contributed by atoms with E-state index in [1.165, 1.54) is 0 Å². The number of rotatable bonds is 2. The summed E-state index contributed by atoms with van der Waals surface area (Å²) in [7, 11) is 0. The molecule has 2 saturated heterocycles. The summed E-state index contributed by atoms with van der Waals surface area (Å²) >= 11 is 0. The number of cyclic esters (lactones) is 2. The van der Waals surface area contributed by atoms with Gasteiger partial charge in [0.1, 0.15) is 13.2 Å². The lowest BCUT2D eigenvalue weighted by atomic mass is 9.78. The van der Waals surface area contributed by atoms with Crippen LogP contribution in [-0.2, 0) is 19.1 Å². The Kier molecular flexibility index (Phi) is 2.22. The smallest absolute Gasteiger partial charge is 0.382 e. The normalized spacial score (nSPS) is 35.8. The van der Waals surface area contributed by atoms with E-state index in [4.69, 9.17) is 0 Å². The van der Waals surface area contributed by atoms with Crippen LogP contribution in [0.1, 0.15) is 0 Å². The second-order valence-corrected chi connectivity index (χ2v) is 3.82. The molecule has 0 saturated carbocycles. The molecule has 0 radical (unpaired) electrons. The molecule has 0 N–H and O–H groups in total. The van der Waals surface area contributed by atoms with Crippen molar-refractivity contribution < 1.29 is 28.9 Å². The van der Waals surface area contributed by atoms with E-state index in [-0.39, 0.29) is 0 Å². The van der Waals surface area contributed by atoms with Gasteiger partial charge < -0.3 is 9.47 Å². The molecular formula is C7H6N2O8. The summed E-state index contributed by atoms with van der Waals surface area (Å²) < 4.78 is 8.95. The molecule has 0 amide bonds. The van der Waals surface area contributed by atoms with Crippen LogP contribution in [0.25, 0.3) is 0 Å². The van der Waals surface area contributed by atoms with Gasteiger partial charge in [-0.25, -0.2) is 9.59 Å². The number of nitro groups is 2. The van der Waals surface area contributed by atoms with Crippen molar-refractivity contribution in [1.82, 2.24) is 0 Å². The lowest BCUT2D eigenvalue weighted by Crippen LogP contribution is -2.52. The third kappa shape index (κ3) is 1.33. The van der Waals surface area contributed by atoms with Gasteiger partial charge in [-0.15, -0.1) is 0 Å². The Labute approximate surface area is 92.8 Å². The molecule has 17 heavy (non-hydrogen) atoms. The van der Waals surface area contributed by atoms with E-state index >= 15 is 0 Å². The second-order valence-electron chi connectivity index (χ2n) is 3.82. The summed E-state index contributed by atoms with van der Waals surface area (Å²) in [6, 6.07) is -3.88. The zero-order valence-corrected chi connectivity index (χ0v) is 8.23. The molecule has 92 valence electrons. The molecule has 2 fully saturated rings. The van der Waals surface area contributed by atoms with Gasteiger partial charge in [0.15, 0.2) is 5.41 Å². The molecule has 2 heterocycles. The molecule has 2 unspecified atom stereocenters. The maximum absolute atomic E-state index is 11.2. The first-order chi connectivity index (χ1) is 7.90. The van der Waals surface area contributed by atoms with Gasteiger partial charge in [-0.05, 0) is 0 Å². The van der Waals surface area contributed by atoms with E-state index in [1.807, 2.05) is 0 Å². The lowest BCUT2D eigenvalue weighted by molar-refractivity contribution is -0.565. The topological polar surface area (TPSA) is 139 Å². The van der Waals surface area contributed by atoms with Crippen molar-refractivity contribution in [2.75, 3.05) is 13.2 Å². The van der Waals surface area contributed by atoms with Gasteiger partial charge in [0.2, 0.25) is 0 Å². The summed E-state index contributed by atoms with van der Waals surface area (Å²) in [6.45, 7) is -1.12. The van der Waals surface area contributed by atoms with Gasteiger partial charge in [0.05, 0.1) is 0 Å². The highest BCUT2D eigenvalue weighted by Gasteiger charge is 2.74. The minimum Gasteiger partial charge on any atom is -0.459 e. The van der Waals surface area contributed by atoms with Crippen LogP contribution >= 0.6 is 0 Å². The number of hydrogen-bond acceptors (Lipinski definition) is 8. The molecule has 10 nitrogen and oxygen atoms in total. The van der Waals surface area contributed by atoms with Crippen LogP contribution in [0.3, 0.4) is 0 Å². The number of hydrogen-bond donors (Lipinski definition) is 0. The van der Waals surface area contributed by atoms with Crippen molar-refractivity contribution >= 4 is 11.9 Å². The highest BCUT2D eigenvalue weighted by Crippen LogP contribution is 2.41. The number of carbonyl (C=O) groups is 2. The van der Waals surface area contributed by atoms with E-state index in [0.717, 1.165) is 0 Å². The molecule has 0 aromatic carbocycles. The minimum atomic E-state index is -1.94. The molecule has 0 bridgehead atoms. The van der Waals surface area contributed by atoms with E-state index in [2.05, 4.69) is 9.47 Å². The largest absolute Gasteiger partial charge is 0.459 e. The standard InChI is InChI=1S/C7H6N2O8/c10-5-3(8(12)13)7(1-16-5)2-17-6(11)4(7)9(14)15/h3-4H,1-2H2. The predicted molar refractivity (Wildman–Crippen MR) is 45.9 cm³/mol. The Morgan fingerprint density at radius 1 is 1.00 bits per heavy atom. The SMILES string of the molecule is O=C1OCC2(COC(=O)C2[N+](=O)[O-])C1[N+](=O)[O-]. The molecular weight excluding hydrogens is 240 g/mol. The quantitative estimate of drug-likeness (QED) is 0.321. The van der Waals surface area contributed by atoms with Crippen LogP contribution in [0, 0.1) is 25.6 Å². The van der Waals surface area contributed by atoms with Crippen molar-refractivity contribution in [1.29, 1.82) is 0 Å². The highest BCUT2D eigenvalue weighted by atomic mass is 16.7. The fraction of sp³-hybridized carbons (Fsp3) is 0.714. The monoisotopic (exact) mass is 246 g/mol. The Bertz CT molecular complexity index is 392. The molecule has 0 aromatic rings. The first-order valence-electron chi connectivity index (χ1n) is 4.50. The van der Waals surface area contributed by atoms with Crippen LogP contribution < -0.4 is 0 Å². The summed E-state index contributed by atoms with van der Waals surface area (Å²) in [6.07, 6.45) is 0. The summed E-state index contributed by atoms with van der Waals surface area (Å²) in [5.74, 6) is -2.36. The van der Waals surface area contributed by atoms with Gasteiger partial charge in [-0.3, -0.25) is 20.2 Å². The first kappa shape index (κ1) is 11.2. The van der Waals surface area contributed by atoms with Crippen LogP contribution in [0.15, 0.2) is 0 Å². The summed E-state index contributed by atoms with van der Waals surface area (Å²) in [4.78, 5) is 42.0. The third-order valence-electron chi connectivity index (χ3n) is 2.92. The average Bonchev–Trinajstić information content (AvgIpc) is 2.69. The van der Waals surface area contributed by atoms with Gasteiger partial charge in [0, 0.05) is 9.85 Å². The maximum Gasteiger partial charge on any atom is 0.382 e. The Balaban J connectivity index is 2.47. The Morgan fingerprint density at radius 3 is 1.65 bits per heavy atom. The lowest BCUT2D eigenvalue weighted by Gasteiger charge is -2.18. The van der Waals surface area contributed by atoms with Crippen molar-refractivity contribution in [2.45, 2.75) is 12.1 Å². The molecule has 0 aromatic heterocycles. The molecule has 2 atom stereocenters. The third-order valence-corrected chi connectivity index (χ3v) is 2.92. The van der Waals surface area contributed by atoms with Gasteiger partial charge in [0.25, 0.3) is 0 Å². The molecule has 2 aliphatic heterocycles. The van der Waals surface area contributed by atoms with E-state index < -0.39 is 52.5 Å². The number of nitrogens with zero attached hydrogens (tertiary/aromatic N) is 2. The molecule has 2 rings (SSSR count). The van der Waals surface area contributed by atoms with Gasteiger partial charge in [-0.2, -0.15) is 0 Å². The van der Waals surface area contributed by atoms with Crippen molar-refractivity contribution in [3.63, 3.8) is 0 Å². The number of carbonyl (C=O) groups excluding carboxylic acids is 2. The van der Waals surface area contributed by atoms with Crippen molar-refractivity contribution in [2.24, 2.45) is 5.41 Å². The van der Waals surface area contributed by atoms with Crippen LogP contribution in [0.2, 0.25) is 0 Å². The average molecular weight is 246 g/mol. The van der Waals surface area contributed by atoms with Crippen LogP contribution in [-0.4, -0.2) is 47.1 Å². The zero-order valence-electron chi connectivity index (χ0n) is 8.23. The molecule has 10 heteroatoms. The highest BCUT2D eigenvalue weighted by molar-refractivity contribution is 5.84. The van der Waals surface area contributed by atoms with Crippen LogP contribution in [0.5, 0.6) is 0 Å². The van der Waals surface area contributed by atoms with Crippen molar-refractivity contribution in [3.8, 4) is 0 Å². The fourth-order valence-corrected chi connectivity index (χ4v) is 2.14. The number of esters is 2. The zero-order chi connectivity index (χ0) is 12.8. The molecule has 0 aliphatic carbocycles. The van der Waals surface area contributed by atoms with E-state index in [9.17, 15) is 29.8 Å². The molecule has 1 spiro atoms. The molecule has 2 aliphatic rings. The van der Waals surface area contributed by atoms with E-state index in [1.54, 1.807) is 0 Å². The van der Waals surface area contributed by atoms with Gasteiger partial charge in [-0.1, -0.05) is 0 Å². The fourth-order valence-electron chi connectivity index (χ4n) is 2.14. The summed E-state index contributed by atoms with van der Waals surface area (Å²) in [5.41, 5.74) is -1.83. The number of ether oxygens (including phenoxy) is 2. The maximum atomic E-state index is 11.2. The van der Waals surface area contributed by atoms with E-state index in [0.29, 0.717) is 0 Å². The minimum absolute atomic E-state index is 0.561. The first-order valence-corrected chi connectivity index (χ1v) is 4.50. The van der Waals surface area contributed by atoms with Crippen LogP contribution in [0.4, 0.5) is 0 Å². The Hall–Kier alpha value is -2.26. The predicted octanol–water partition coefficient (Wildman–Crippen LogP) is -1.62. The second kappa shape index (κ2) is 3.37.